The van der Waals surface area contributed by atoms with E-state index in [2.05, 4.69) is 10.4 Å². The van der Waals surface area contributed by atoms with Gasteiger partial charge >= 0.3 is 5.97 Å². The molecule has 1 atom stereocenters. The predicted octanol–water partition coefficient (Wildman–Crippen LogP) is 3.45. The van der Waals surface area contributed by atoms with Crippen molar-refractivity contribution in [3.05, 3.63) is 81.7 Å². The minimum Gasteiger partial charge on any atom is -0.448 e. The Kier molecular flexibility index (Phi) is 5.48. The molecule has 0 saturated heterocycles. The first-order chi connectivity index (χ1) is 15.0. The number of carbonyl (C=O) groups is 2. The van der Waals surface area contributed by atoms with Gasteiger partial charge in [-0.15, -0.1) is 0 Å². The molecule has 1 unspecified atom stereocenters. The highest BCUT2D eigenvalue weighted by atomic mass is 16.6. The van der Waals surface area contributed by atoms with Crippen molar-refractivity contribution >= 4 is 23.3 Å². The molecule has 1 aromatic heterocycles. The number of esters is 1. The zero-order valence-corrected chi connectivity index (χ0v) is 16.8. The topological polar surface area (TPSA) is 116 Å². The molecular formula is C22H20N4O5. The second-order valence-corrected chi connectivity index (χ2v) is 7.19. The Balaban J connectivity index is 1.51. The molecule has 0 aliphatic heterocycles. The molecule has 9 heteroatoms. The van der Waals surface area contributed by atoms with Crippen molar-refractivity contribution in [1.29, 1.82) is 0 Å². The van der Waals surface area contributed by atoms with Crippen LogP contribution in [0.5, 0.6) is 0 Å². The van der Waals surface area contributed by atoms with Crippen LogP contribution in [0.1, 0.15) is 35.1 Å². The molecule has 0 saturated carbocycles. The molecule has 0 bridgehead atoms. The molecule has 0 spiro atoms. The maximum atomic E-state index is 12.8. The molecule has 0 radical (unpaired) electrons. The fraction of sp³-hybridized carbons (Fsp3) is 0.227. The summed E-state index contributed by atoms with van der Waals surface area (Å²) in [5.41, 5.74) is 2.64. The van der Waals surface area contributed by atoms with E-state index in [1.807, 2.05) is 30.3 Å². The predicted molar refractivity (Wildman–Crippen MR) is 112 cm³/mol. The fourth-order valence-corrected chi connectivity index (χ4v) is 3.63. The molecule has 1 aliphatic rings. The zero-order valence-electron chi connectivity index (χ0n) is 16.8. The van der Waals surface area contributed by atoms with E-state index >= 15 is 0 Å². The number of aromatic nitrogens is 2. The van der Waals surface area contributed by atoms with E-state index in [0.29, 0.717) is 6.42 Å². The Morgan fingerprint density at radius 1 is 1.13 bits per heavy atom. The molecule has 1 heterocycles. The maximum Gasteiger partial charge on any atom is 0.359 e. The van der Waals surface area contributed by atoms with Crippen molar-refractivity contribution in [2.75, 3.05) is 5.32 Å². The van der Waals surface area contributed by atoms with Crippen molar-refractivity contribution in [3.8, 4) is 5.69 Å². The molecule has 1 N–H and O–H groups in total. The Hall–Kier alpha value is -4.01. The number of benzene rings is 2. The smallest absolute Gasteiger partial charge is 0.359 e. The minimum absolute atomic E-state index is 0.0367. The molecule has 158 valence electrons. The van der Waals surface area contributed by atoms with Crippen molar-refractivity contribution in [1.82, 2.24) is 9.78 Å². The largest absolute Gasteiger partial charge is 0.448 e. The summed E-state index contributed by atoms with van der Waals surface area (Å²) in [6, 6.07) is 15.3. The summed E-state index contributed by atoms with van der Waals surface area (Å²) >= 11 is 0. The lowest BCUT2D eigenvalue weighted by molar-refractivity contribution is -0.383. The normalized spacial score (nSPS) is 13.3. The van der Waals surface area contributed by atoms with Crippen LogP contribution in [0.15, 0.2) is 54.6 Å². The Bertz CT molecular complexity index is 1160. The van der Waals surface area contributed by atoms with E-state index in [0.717, 1.165) is 29.8 Å². The van der Waals surface area contributed by atoms with E-state index in [1.165, 1.54) is 25.1 Å². The van der Waals surface area contributed by atoms with Crippen molar-refractivity contribution < 1.29 is 19.2 Å². The lowest BCUT2D eigenvalue weighted by Crippen LogP contribution is -2.30. The van der Waals surface area contributed by atoms with Crippen LogP contribution in [0.4, 0.5) is 11.4 Å². The molecule has 2 aromatic carbocycles. The summed E-state index contributed by atoms with van der Waals surface area (Å²) in [7, 11) is 0. The highest BCUT2D eigenvalue weighted by Crippen LogP contribution is 2.28. The Labute approximate surface area is 177 Å². The van der Waals surface area contributed by atoms with Gasteiger partial charge in [0.05, 0.1) is 10.6 Å². The van der Waals surface area contributed by atoms with Gasteiger partial charge in [0.25, 0.3) is 11.6 Å². The number of nitro groups is 1. The third kappa shape index (κ3) is 4.02. The van der Waals surface area contributed by atoms with Gasteiger partial charge in [-0.25, -0.2) is 9.48 Å². The molecular weight excluding hydrogens is 400 g/mol. The van der Waals surface area contributed by atoms with E-state index in [4.69, 9.17) is 4.74 Å². The van der Waals surface area contributed by atoms with E-state index in [9.17, 15) is 19.7 Å². The van der Waals surface area contributed by atoms with Gasteiger partial charge in [-0.3, -0.25) is 14.9 Å². The van der Waals surface area contributed by atoms with Crippen LogP contribution in [0.25, 0.3) is 5.69 Å². The first kappa shape index (κ1) is 20.3. The lowest BCUT2D eigenvalue weighted by Gasteiger charge is -2.13. The van der Waals surface area contributed by atoms with E-state index in [1.54, 1.807) is 10.7 Å². The van der Waals surface area contributed by atoms with Gasteiger partial charge in [-0.2, -0.15) is 5.10 Å². The zero-order chi connectivity index (χ0) is 22.0. The van der Waals surface area contributed by atoms with Crippen LogP contribution in [-0.2, 0) is 22.4 Å². The summed E-state index contributed by atoms with van der Waals surface area (Å²) in [6.07, 6.45) is 1.27. The van der Waals surface area contributed by atoms with Crippen LogP contribution in [0.3, 0.4) is 0 Å². The first-order valence-corrected chi connectivity index (χ1v) is 9.87. The molecule has 1 aliphatic carbocycles. The van der Waals surface area contributed by atoms with Gasteiger partial charge in [-0.1, -0.05) is 30.3 Å². The minimum atomic E-state index is -1.16. The summed E-state index contributed by atoms with van der Waals surface area (Å²) in [6.45, 7) is 1.41. The fourth-order valence-electron chi connectivity index (χ4n) is 3.63. The second kappa shape index (κ2) is 8.39. The average molecular weight is 420 g/mol. The average Bonchev–Trinajstić information content (AvgIpc) is 3.37. The Morgan fingerprint density at radius 3 is 2.58 bits per heavy atom. The number of nitro benzene ring substituents is 1. The van der Waals surface area contributed by atoms with E-state index in [-0.39, 0.29) is 17.1 Å². The Morgan fingerprint density at radius 2 is 1.84 bits per heavy atom. The number of ether oxygens (including phenoxy) is 1. The number of rotatable bonds is 6. The number of hydrogen-bond donors (Lipinski definition) is 1. The highest BCUT2D eigenvalue weighted by molar-refractivity contribution is 5.98. The van der Waals surface area contributed by atoms with Crippen molar-refractivity contribution in [2.24, 2.45) is 0 Å². The third-order valence-electron chi connectivity index (χ3n) is 5.14. The molecule has 9 nitrogen and oxygen atoms in total. The van der Waals surface area contributed by atoms with Gasteiger partial charge in [0.15, 0.2) is 11.8 Å². The SMILES string of the molecule is CC(OC(=O)c1nn(-c2ccccc2)c2c1CCC2)C(=O)Nc1ccccc1[N+](=O)[O-]. The van der Waals surface area contributed by atoms with Crippen LogP contribution in [0, 0.1) is 10.1 Å². The number of para-hydroxylation sites is 3. The highest BCUT2D eigenvalue weighted by Gasteiger charge is 2.30. The van der Waals surface area contributed by atoms with Crippen LogP contribution in [-0.4, -0.2) is 32.7 Å². The summed E-state index contributed by atoms with van der Waals surface area (Å²) < 4.78 is 7.10. The number of carbonyl (C=O) groups excluding carboxylic acids is 2. The summed E-state index contributed by atoms with van der Waals surface area (Å²) in [4.78, 5) is 35.8. The van der Waals surface area contributed by atoms with Crippen molar-refractivity contribution in [3.63, 3.8) is 0 Å². The molecule has 0 fully saturated rings. The van der Waals surface area contributed by atoms with Gasteiger partial charge in [0, 0.05) is 17.3 Å². The number of hydrogen-bond acceptors (Lipinski definition) is 6. The maximum absolute atomic E-state index is 12.8. The van der Waals surface area contributed by atoms with Crippen molar-refractivity contribution in [2.45, 2.75) is 32.3 Å². The molecule has 3 aromatic rings. The van der Waals surface area contributed by atoms with Crippen LogP contribution >= 0.6 is 0 Å². The summed E-state index contributed by atoms with van der Waals surface area (Å²) in [5, 5.41) is 18.0. The number of nitrogens with zero attached hydrogens (tertiary/aromatic N) is 3. The van der Waals surface area contributed by atoms with Crippen LogP contribution in [0.2, 0.25) is 0 Å². The van der Waals surface area contributed by atoms with E-state index < -0.39 is 22.9 Å². The molecule has 4 rings (SSSR count). The lowest BCUT2D eigenvalue weighted by atomic mass is 10.2. The quantitative estimate of drug-likeness (QED) is 0.371. The molecule has 31 heavy (non-hydrogen) atoms. The van der Waals surface area contributed by atoms with Gasteiger partial charge in [0.1, 0.15) is 5.69 Å². The third-order valence-corrected chi connectivity index (χ3v) is 5.14. The summed E-state index contributed by atoms with van der Waals surface area (Å²) in [5.74, 6) is -1.36. The van der Waals surface area contributed by atoms with Gasteiger partial charge < -0.3 is 10.1 Å². The number of nitrogens with one attached hydrogen (secondary N) is 1. The van der Waals surface area contributed by atoms with Crippen LogP contribution < -0.4 is 5.32 Å². The van der Waals surface area contributed by atoms with Gasteiger partial charge in [-0.05, 0) is 44.4 Å². The number of fused-ring (bicyclic) bond motifs is 1. The van der Waals surface area contributed by atoms with Gasteiger partial charge in [0.2, 0.25) is 0 Å². The molecule has 1 amide bonds. The monoisotopic (exact) mass is 420 g/mol. The standard InChI is InChI=1S/C22H20N4O5/c1-14(21(27)23-17-11-5-6-12-19(17)26(29)30)31-22(28)20-16-10-7-13-18(16)25(24-20)15-8-3-2-4-9-15/h2-6,8-9,11-12,14H,7,10,13H2,1H3,(H,23,27). The number of anilines is 1. The first-order valence-electron chi connectivity index (χ1n) is 9.87. The number of amides is 1. The second-order valence-electron chi connectivity index (χ2n) is 7.19.